The van der Waals surface area contributed by atoms with Crippen molar-refractivity contribution in [1.82, 2.24) is 19.5 Å². The Bertz CT molecular complexity index is 625. The van der Waals surface area contributed by atoms with Gasteiger partial charge in [-0.2, -0.15) is 0 Å². The number of nitrogens with one attached hydrogen (secondary N) is 1. The highest BCUT2D eigenvalue weighted by molar-refractivity contribution is 5.52. The van der Waals surface area contributed by atoms with Crippen LogP contribution in [-0.2, 0) is 0 Å². The van der Waals surface area contributed by atoms with E-state index in [1.807, 2.05) is 27.2 Å². The summed E-state index contributed by atoms with van der Waals surface area (Å²) in [7, 11) is 1.90. The number of nitrogens with zero attached hydrogens (tertiary/aromatic N) is 4. The molecule has 2 heterocycles. The Morgan fingerprint density at radius 3 is 2.47 bits per heavy atom. The summed E-state index contributed by atoms with van der Waals surface area (Å²) in [6.45, 7) is 6.13. The number of rotatable bonds is 3. The average Bonchev–Trinajstić information content (AvgIpc) is 3.19. The van der Waals surface area contributed by atoms with Crippen LogP contribution in [0.2, 0.25) is 0 Å². The van der Waals surface area contributed by atoms with E-state index in [4.69, 9.17) is 4.98 Å². The largest absolute Gasteiger partial charge is 0.373 e. The number of aromatic nitrogens is 4. The number of aryl methyl sites for hydroxylation is 1. The highest BCUT2D eigenvalue weighted by Crippen LogP contribution is 2.39. The van der Waals surface area contributed by atoms with Gasteiger partial charge < -0.3 is 5.32 Å². The Kier molecular flexibility index (Phi) is 2.77. The molecule has 0 aliphatic heterocycles. The van der Waals surface area contributed by atoms with Gasteiger partial charge in [0.15, 0.2) is 0 Å². The maximum atomic E-state index is 4.76. The summed E-state index contributed by atoms with van der Waals surface area (Å²) >= 11 is 0. The van der Waals surface area contributed by atoms with Crippen LogP contribution >= 0.6 is 0 Å². The van der Waals surface area contributed by atoms with Gasteiger partial charge in [-0.15, -0.1) is 0 Å². The predicted octanol–water partition coefficient (Wildman–Crippen LogP) is 2.51. The van der Waals surface area contributed by atoms with Gasteiger partial charge in [-0.05, 0) is 33.6 Å². The molecule has 1 aliphatic carbocycles. The van der Waals surface area contributed by atoms with Gasteiger partial charge in [-0.25, -0.2) is 15.0 Å². The fourth-order valence-electron chi connectivity index (χ4n) is 2.24. The Hall–Kier alpha value is -1.91. The Morgan fingerprint density at radius 2 is 1.95 bits per heavy atom. The van der Waals surface area contributed by atoms with Crippen LogP contribution in [0, 0.1) is 20.8 Å². The predicted molar refractivity (Wildman–Crippen MR) is 74.9 cm³/mol. The van der Waals surface area contributed by atoms with Crippen LogP contribution in [0.3, 0.4) is 0 Å². The van der Waals surface area contributed by atoms with Crippen LogP contribution < -0.4 is 5.32 Å². The van der Waals surface area contributed by atoms with E-state index in [1.54, 1.807) is 0 Å². The monoisotopic (exact) mass is 257 g/mol. The van der Waals surface area contributed by atoms with Crippen LogP contribution in [0.25, 0.3) is 5.82 Å². The standard InChI is InChI=1S/C14H19N5/c1-8-12(15-4)17-13(11-5-6-11)18-14(8)19-7-16-9(2)10(19)3/h7,11H,5-6H2,1-4H3,(H,15,17,18). The molecule has 0 aromatic carbocycles. The molecule has 1 aliphatic rings. The Morgan fingerprint density at radius 1 is 1.21 bits per heavy atom. The first-order valence-corrected chi connectivity index (χ1v) is 6.69. The van der Waals surface area contributed by atoms with Crippen molar-refractivity contribution < 1.29 is 0 Å². The fraction of sp³-hybridized carbons (Fsp3) is 0.500. The molecule has 19 heavy (non-hydrogen) atoms. The molecule has 1 N–H and O–H groups in total. The van der Waals surface area contributed by atoms with E-state index in [0.29, 0.717) is 5.92 Å². The maximum Gasteiger partial charge on any atom is 0.146 e. The van der Waals surface area contributed by atoms with Crippen molar-refractivity contribution in [2.75, 3.05) is 12.4 Å². The summed E-state index contributed by atoms with van der Waals surface area (Å²) in [5.41, 5.74) is 3.23. The van der Waals surface area contributed by atoms with Crippen molar-refractivity contribution in [3.8, 4) is 5.82 Å². The van der Waals surface area contributed by atoms with E-state index in [-0.39, 0.29) is 0 Å². The van der Waals surface area contributed by atoms with Crippen molar-refractivity contribution in [2.24, 2.45) is 0 Å². The van der Waals surface area contributed by atoms with Gasteiger partial charge >= 0.3 is 0 Å². The summed E-state index contributed by atoms with van der Waals surface area (Å²) in [6.07, 6.45) is 4.25. The Balaban J connectivity index is 2.18. The van der Waals surface area contributed by atoms with Crippen molar-refractivity contribution >= 4 is 5.82 Å². The normalized spacial score (nSPS) is 14.7. The van der Waals surface area contributed by atoms with E-state index < -0.39 is 0 Å². The zero-order valence-electron chi connectivity index (χ0n) is 11.9. The topological polar surface area (TPSA) is 55.6 Å². The first-order valence-electron chi connectivity index (χ1n) is 6.69. The lowest BCUT2D eigenvalue weighted by molar-refractivity contribution is 0.855. The molecular formula is C14H19N5. The van der Waals surface area contributed by atoms with Crippen LogP contribution in [0.15, 0.2) is 6.33 Å². The molecule has 2 aromatic rings. The van der Waals surface area contributed by atoms with Crippen molar-refractivity contribution in [3.05, 3.63) is 29.1 Å². The summed E-state index contributed by atoms with van der Waals surface area (Å²) < 4.78 is 2.05. The third-order valence-corrected chi connectivity index (χ3v) is 3.80. The maximum absolute atomic E-state index is 4.76. The molecule has 1 saturated carbocycles. The van der Waals surface area contributed by atoms with E-state index in [0.717, 1.165) is 34.4 Å². The molecule has 1 fully saturated rings. The molecule has 0 unspecified atom stereocenters. The summed E-state index contributed by atoms with van der Waals surface area (Å²) in [5, 5.41) is 3.17. The quantitative estimate of drug-likeness (QED) is 0.918. The lowest BCUT2D eigenvalue weighted by Crippen LogP contribution is -2.09. The summed E-state index contributed by atoms with van der Waals surface area (Å²) in [4.78, 5) is 13.7. The summed E-state index contributed by atoms with van der Waals surface area (Å²) in [6, 6.07) is 0. The van der Waals surface area contributed by atoms with Gasteiger partial charge in [0, 0.05) is 24.2 Å². The lowest BCUT2D eigenvalue weighted by atomic mass is 10.2. The van der Waals surface area contributed by atoms with Gasteiger partial charge in [-0.1, -0.05) is 0 Å². The van der Waals surface area contributed by atoms with Crippen LogP contribution in [0.1, 0.15) is 41.5 Å². The second-order valence-electron chi connectivity index (χ2n) is 5.19. The molecule has 100 valence electrons. The van der Waals surface area contributed by atoms with Crippen LogP contribution in [0.4, 0.5) is 5.82 Å². The third-order valence-electron chi connectivity index (χ3n) is 3.80. The second kappa shape index (κ2) is 4.33. The van der Waals surface area contributed by atoms with Crippen molar-refractivity contribution in [2.45, 2.75) is 39.5 Å². The molecule has 5 nitrogen and oxygen atoms in total. The molecule has 0 radical (unpaired) electrons. The molecule has 0 spiro atoms. The van der Waals surface area contributed by atoms with E-state index in [1.165, 1.54) is 12.8 Å². The minimum Gasteiger partial charge on any atom is -0.373 e. The number of anilines is 1. The molecule has 3 rings (SSSR count). The van der Waals surface area contributed by atoms with E-state index in [9.17, 15) is 0 Å². The molecular weight excluding hydrogens is 238 g/mol. The number of hydrogen-bond acceptors (Lipinski definition) is 4. The van der Waals surface area contributed by atoms with E-state index in [2.05, 4.69) is 26.8 Å². The first kappa shape index (κ1) is 12.1. The van der Waals surface area contributed by atoms with Gasteiger partial charge in [0.2, 0.25) is 0 Å². The molecule has 5 heteroatoms. The average molecular weight is 257 g/mol. The van der Waals surface area contributed by atoms with Crippen molar-refractivity contribution in [1.29, 1.82) is 0 Å². The molecule has 2 aromatic heterocycles. The van der Waals surface area contributed by atoms with E-state index >= 15 is 0 Å². The number of imidazole rings is 1. The second-order valence-corrected chi connectivity index (χ2v) is 5.19. The fourth-order valence-corrected chi connectivity index (χ4v) is 2.24. The summed E-state index contributed by atoms with van der Waals surface area (Å²) in [5.74, 6) is 3.35. The minimum absolute atomic E-state index is 0.538. The lowest BCUT2D eigenvalue weighted by Gasteiger charge is -2.13. The molecule has 0 saturated heterocycles. The van der Waals surface area contributed by atoms with Crippen LogP contribution in [-0.4, -0.2) is 26.6 Å². The third kappa shape index (κ3) is 1.99. The molecule has 0 amide bonds. The highest BCUT2D eigenvalue weighted by atomic mass is 15.2. The Labute approximate surface area is 113 Å². The zero-order valence-corrected chi connectivity index (χ0v) is 11.9. The SMILES string of the molecule is CNc1nc(C2CC2)nc(-n2cnc(C)c2C)c1C. The smallest absolute Gasteiger partial charge is 0.146 e. The van der Waals surface area contributed by atoms with Crippen molar-refractivity contribution in [3.63, 3.8) is 0 Å². The highest BCUT2D eigenvalue weighted by Gasteiger charge is 2.28. The van der Waals surface area contributed by atoms with Gasteiger partial charge in [0.05, 0.1) is 5.69 Å². The van der Waals surface area contributed by atoms with Gasteiger partial charge in [0.1, 0.15) is 23.8 Å². The zero-order chi connectivity index (χ0) is 13.6. The number of hydrogen-bond donors (Lipinski definition) is 1. The molecule has 0 atom stereocenters. The van der Waals surface area contributed by atoms with Crippen LogP contribution in [0.5, 0.6) is 0 Å². The first-order chi connectivity index (χ1) is 9.11. The molecule has 0 bridgehead atoms. The van der Waals surface area contributed by atoms with Gasteiger partial charge in [0.25, 0.3) is 0 Å². The van der Waals surface area contributed by atoms with Gasteiger partial charge in [-0.3, -0.25) is 4.57 Å². The minimum atomic E-state index is 0.538.